The molecule has 0 atom stereocenters. The first-order valence-electron chi connectivity index (χ1n) is 6.36. The standard InChI is InChI=1S/C14H19F4NO/c1-4-20-13(2,3)9-19-8-10-5-6-12(15)11(7-10)14(16,17)18/h5-7,19H,4,8-9H2,1-3H3. The van der Waals surface area contributed by atoms with Crippen LogP contribution >= 0.6 is 0 Å². The van der Waals surface area contributed by atoms with Crippen molar-refractivity contribution in [1.82, 2.24) is 5.32 Å². The highest BCUT2D eigenvalue weighted by molar-refractivity contribution is 5.27. The van der Waals surface area contributed by atoms with Crippen LogP contribution in [0.5, 0.6) is 0 Å². The maximum atomic E-state index is 13.1. The maximum absolute atomic E-state index is 13.1. The fraction of sp³-hybridized carbons (Fsp3) is 0.571. The average molecular weight is 293 g/mol. The zero-order valence-corrected chi connectivity index (χ0v) is 11.8. The lowest BCUT2D eigenvalue weighted by Gasteiger charge is -2.25. The molecule has 0 bridgehead atoms. The van der Waals surface area contributed by atoms with Gasteiger partial charge in [0.05, 0.1) is 11.2 Å². The van der Waals surface area contributed by atoms with Gasteiger partial charge in [0, 0.05) is 19.7 Å². The van der Waals surface area contributed by atoms with E-state index in [-0.39, 0.29) is 6.54 Å². The van der Waals surface area contributed by atoms with E-state index in [0.717, 1.165) is 12.1 Å². The molecule has 0 radical (unpaired) electrons. The summed E-state index contributed by atoms with van der Waals surface area (Å²) in [5, 5.41) is 3.01. The minimum atomic E-state index is -4.68. The van der Waals surface area contributed by atoms with Crippen molar-refractivity contribution in [1.29, 1.82) is 0 Å². The van der Waals surface area contributed by atoms with Crippen molar-refractivity contribution < 1.29 is 22.3 Å². The van der Waals surface area contributed by atoms with Crippen LogP contribution in [0.3, 0.4) is 0 Å². The molecular weight excluding hydrogens is 274 g/mol. The van der Waals surface area contributed by atoms with Crippen molar-refractivity contribution in [2.45, 2.75) is 39.1 Å². The smallest absolute Gasteiger partial charge is 0.375 e. The highest BCUT2D eigenvalue weighted by Gasteiger charge is 2.34. The van der Waals surface area contributed by atoms with Crippen molar-refractivity contribution in [2.75, 3.05) is 13.2 Å². The van der Waals surface area contributed by atoms with E-state index >= 15 is 0 Å². The highest BCUT2D eigenvalue weighted by Crippen LogP contribution is 2.31. The van der Waals surface area contributed by atoms with E-state index in [1.165, 1.54) is 6.07 Å². The largest absolute Gasteiger partial charge is 0.419 e. The third-order valence-corrected chi connectivity index (χ3v) is 2.75. The molecule has 0 aliphatic carbocycles. The molecule has 0 aliphatic heterocycles. The van der Waals surface area contributed by atoms with Crippen LogP contribution < -0.4 is 5.32 Å². The van der Waals surface area contributed by atoms with Crippen molar-refractivity contribution in [3.05, 3.63) is 35.1 Å². The quantitative estimate of drug-likeness (QED) is 0.807. The van der Waals surface area contributed by atoms with Crippen LogP contribution in [-0.2, 0) is 17.5 Å². The number of ether oxygens (including phenoxy) is 1. The van der Waals surface area contributed by atoms with Gasteiger partial charge in [-0.15, -0.1) is 0 Å². The van der Waals surface area contributed by atoms with Gasteiger partial charge >= 0.3 is 6.18 Å². The first-order chi connectivity index (χ1) is 9.15. The van der Waals surface area contributed by atoms with Crippen LogP contribution in [0.2, 0.25) is 0 Å². The van der Waals surface area contributed by atoms with Gasteiger partial charge in [-0.05, 0) is 38.5 Å². The third kappa shape index (κ3) is 5.09. The van der Waals surface area contributed by atoms with E-state index < -0.39 is 23.2 Å². The summed E-state index contributed by atoms with van der Waals surface area (Å²) >= 11 is 0. The number of rotatable bonds is 6. The molecule has 1 rings (SSSR count). The summed E-state index contributed by atoms with van der Waals surface area (Å²) in [6, 6.07) is 3.01. The summed E-state index contributed by atoms with van der Waals surface area (Å²) in [4.78, 5) is 0. The molecule has 1 aromatic rings. The summed E-state index contributed by atoms with van der Waals surface area (Å²) < 4.78 is 56.3. The van der Waals surface area contributed by atoms with Gasteiger partial charge < -0.3 is 10.1 Å². The van der Waals surface area contributed by atoms with E-state index in [2.05, 4.69) is 5.32 Å². The lowest BCUT2D eigenvalue weighted by molar-refractivity contribution is -0.140. The third-order valence-electron chi connectivity index (χ3n) is 2.75. The van der Waals surface area contributed by atoms with E-state index in [9.17, 15) is 17.6 Å². The van der Waals surface area contributed by atoms with Gasteiger partial charge in [-0.25, -0.2) is 4.39 Å². The molecular formula is C14H19F4NO. The zero-order chi connectivity index (χ0) is 15.4. The second-order valence-electron chi connectivity index (χ2n) is 5.11. The summed E-state index contributed by atoms with van der Waals surface area (Å²) in [7, 11) is 0. The van der Waals surface area contributed by atoms with Crippen molar-refractivity contribution in [3.8, 4) is 0 Å². The molecule has 1 N–H and O–H groups in total. The second-order valence-corrected chi connectivity index (χ2v) is 5.11. The Morgan fingerprint density at radius 3 is 2.40 bits per heavy atom. The fourth-order valence-electron chi connectivity index (χ4n) is 1.85. The van der Waals surface area contributed by atoms with Gasteiger partial charge in [0.2, 0.25) is 0 Å². The first-order valence-corrected chi connectivity index (χ1v) is 6.36. The van der Waals surface area contributed by atoms with E-state index in [0.29, 0.717) is 18.7 Å². The molecule has 0 spiro atoms. The Bertz CT molecular complexity index is 443. The molecule has 1 aromatic carbocycles. The van der Waals surface area contributed by atoms with Gasteiger partial charge in [0.15, 0.2) is 0 Å². The summed E-state index contributed by atoms with van der Waals surface area (Å²) in [5.41, 5.74) is -1.26. The molecule has 0 unspecified atom stereocenters. The topological polar surface area (TPSA) is 21.3 Å². The number of halogens is 4. The predicted octanol–water partition coefficient (Wildman–Crippen LogP) is 3.75. The monoisotopic (exact) mass is 293 g/mol. The lowest BCUT2D eigenvalue weighted by atomic mass is 10.1. The molecule has 0 amide bonds. The van der Waals surface area contributed by atoms with E-state index in [1.807, 2.05) is 20.8 Å². The van der Waals surface area contributed by atoms with Crippen molar-refractivity contribution in [2.24, 2.45) is 0 Å². The van der Waals surface area contributed by atoms with Gasteiger partial charge in [0.25, 0.3) is 0 Å². The van der Waals surface area contributed by atoms with Crippen molar-refractivity contribution >= 4 is 0 Å². The Morgan fingerprint density at radius 1 is 1.20 bits per heavy atom. The SMILES string of the molecule is CCOC(C)(C)CNCc1ccc(F)c(C(F)(F)F)c1. The Hall–Kier alpha value is -1.14. The molecule has 0 aromatic heterocycles. The number of hydrogen-bond acceptors (Lipinski definition) is 2. The van der Waals surface area contributed by atoms with Crippen LogP contribution in [0, 0.1) is 5.82 Å². The highest BCUT2D eigenvalue weighted by atomic mass is 19.4. The van der Waals surface area contributed by atoms with Crippen molar-refractivity contribution in [3.63, 3.8) is 0 Å². The van der Waals surface area contributed by atoms with Gasteiger partial charge in [-0.2, -0.15) is 13.2 Å². The molecule has 0 fully saturated rings. The van der Waals surface area contributed by atoms with Crippen LogP contribution in [0.25, 0.3) is 0 Å². The average Bonchev–Trinajstić information content (AvgIpc) is 2.29. The minimum absolute atomic E-state index is 0.222. The van der Waals surface area contributed by atoms with Crippen LogP contribution in [0.4, 0.5) is 17.6 Å². The molecule has 0 aliphatic rings. The Morgan fingerprint density at radius 2 is 1.85 bits per heavy atom. The second kappa shape index (κ2) is 6.54. The fourth-order valence-corrected chi connectivity index (χ4v) is 1.85. The molecule has 0 heterocycles. The normalized spacial score (nSPS) is 12.8. The number of benzene rings is 1. The molecule has 114 valence electrons. The molecule has 2 nitrogen and oxygen atoms in total. The molecule has 0 saturated carbocycles. The molecule has 0 saturated heterocycles. The van der Waals surface area contributed by atoms with Gasteiger partial charge in [-0.1, -0.05) is 6.07 Å². The predicted molar refractivity (Wildman–Crippen MR) is 68.8 cm³/mol. The Balaban J connectivity index is 2.66. The summed E-state index contributed by atoms with van der Waals surface area (Å²) in [5.74, 6) is -1.25. The zero-order valence-electron chi connectivity index (χ0n) is 11.8. The lowest BCUT2D eigenvalue weighted by Crippen LogP contribution is -2.37. The summed E-state index contributed by atoms with van der Waals surface area (Å²) in [6.45, 7) is 6.91. The molecule has 6 heteroatoms. The molecule has 20 heavy (non-hydrogen) atoms. The Labute approximate surface area is 116 Å². The first kappa shape index (κ1) is 16.9. The van der Waals surface area contributed by atoms with E-state index in [1.54, 1.807) is 0 Å². The van der Waals surface area contributed by atoms with Crippen LogP contribution in [0.1, 0.15) is 31.9 Å². The van der Waals surface area contributed by atoms with E-state index in [4.69, 9.17) is 4.74 Å². The van der Waals surface area contributed by atoms with Crippen LogP contribution in [0.15, 0.2) is 18.2 Å². The van der Waals surface area contributed by atoms with Gasteiger partial charge in [0.1, 0.15) is 5.82 Å². The number of nitrogens with one attached hydrogen (secondary N) is 1. The maximum Gasteiger partial charge on any atom is 0.419 e. The Kier molecular flexibility index (Phi) is 5.53. The number of alkyl halides is 3. The van der Waals surface area contributed by atoms with Gasteiger partial charge in [-0.3, -0.25) is 0 Å². The number of hydrogen-bond donors (Lipinski definition) is 1. The minimum Gasteiger partial charge on any atom is -0.375 e. The summed E-state index contributed by atoms with van der Waals surface area (Å²) in [6.07, 6.45) is -4.68. The van der Waals surface area contributed by atoms with Crippen LogP contribution in [-0.4, -0.2) is 18.8 Å².